The lowest BCUT2D eigenvalue weighted by molar-refractivity contribution is 0.892. The van der Waals surface area contributed by atoms with Crippen molar-refractivity contribution in [1.29, 1.82) is 0 Å². The highest BCUT2D eigenvalue weighted by atomic mass is 14.2. The largest absolute Gasteiger partial charge is 0.0955 e. The Hall–Kier alpha value is -4.16. The molecule has 0 atom stereocenters. The molecule has 0 heterocycles. The van der Waals surface area contributed by atoms with Crippen molar-refractivity contribution >= 4 is 11.1 Å². The van der Waals surface area contributed by atoms with Crippen molar-refractivity contribution in [2.75, 3.05) is 0 Å². The zero-order valence-corrected chi connectivity index (χ0v) is 21.5. The molecule has 37 heavy (non-hydrogen) atoms. The molecular weight excluding hydrogens is 444 g/mol. The second-order valence-electron chi connectivity index (χ2n) is 10.2. The normalized spacial score (nSPS) is 14.8. The van der Waals surface area contributed by atoms with E-state index in [4.69, 9.17) is 0 Å². The van der Waals surface area contributed by atoms with Gasteiger partial charge in [0, 0.05) is 0 Å². The molecule has 0 saturated heterocycles. The highest BCUT2D eigenvalue weighted by Gasteiger charge is 2.18. The van der Waals surface area contributed by atoms with E-state index in [-0.39, 0.29) is 0 Å². The van der Waals surface area contributed by atoms with Gasteiger partial charge >= 0.3 is 0 Å². The first-order chi connectivity index (χ1) is 18.2. The summed E-state index contributed by atoms with van der Waals surface area (Å²) in [5, 5.41) is 0. The lowest BCUT2D eigenvalue weighted by Gasteiger charge is -2.23. The number of hydrogen-bond donors (Lipinski definition) is 0. The van der Waals surface area contributed by atoms with E-state index in [1.165, 1.54) is 62.1 Å². The molecule has 0 spiro atoms. The summed E-state index contributed by atoms with van der Waals surface area (Å²) < 4.78 is 0. The van der Waals surface area contributed by atoms with Crippen LogP contribution in [0, 0.1) is 0 Å². The van der Waals surface area contributed by atoms with Gasteiger partial charge in [0.25, 0.3) is 0 Å². The van der Waals surface area contributed by atoms with E-state index in [2.05, 4.69) is 129 Å². The Morgan fingerprint density at radius 3 is 1.70 bits per heavy atom. The van der Waals surface area contributed by atoms with Crippen LogP contribution in [0.15, 0.2) is 133 Å². The topological polar surface area (TPSA) is 0 Å². The van der Waals surface area contributed by atoms with Crippen LogP contribution in [-0.2, 0) is 0 Å². The lowest BCUT2D eigenvalue weighted by Crippen LogP contribution is -2.03. The van der Waals surface area contributed by atoms with Crippen LogP contribution in [0.25, 0.3) is 44.5 Å². The molecule has 0 fully saturated rings. The van der Waals surface area contributed by atoms with Crippen LogP contribution in [0.5, 0.6) is 0 Å². The van der Waals surface area contributed by atoms with Crippen molar-refractivity contribution in [1.82, 2.24) is 0 Å². The molecule has 0 amide bonds. The van der Waals surface area contributed by atoms with Crippen LogP contribution in [0.1, 0.15) is 43.7 Å². The molecule has 0 heteroatoms. The van der Waals surface area contributed by atoms with Crippen LogP contribution < -0.4 is 0 Å². The summed E-state index contributed by atoms with van der Waals surface area (Å²) in [6.45, 7) is 6.17. The molecule has 0 N–H and O–H groups in total. The lowest BCUT2D eigenvalue weighted by atomic mass is 9.81. The predicted octanol–water partition coefficient (Wildman–Crippen LogP) is 10.5. The zero-order valence-electron chi connectivity index (χ0n) is 21.5. The van der Waals surface area contributed by atoms with E-state index in [0.29, 0.717) is 0 Å². The van der Waals surface area contributed by atoms with Crippen molar-refractivity contribution in [3.8, 4) is 33.4 Å². The molecule has 0 aliphatic heterocycles. The quantitative estimate of drug-likeness (QED) is 0.269. The van der Waals surface area contributed by atoms with Crippen LogP contribution >= 0.6 is 0 Å². The first kappa shape index (κ1) is 23.3. The highest BCUT2D eigenvalue weighted by Crippen LogP contribution is 2.39. The molecule has 6 rings (SSSR count). The molecule has 0 saturated carbocycles. The number of rotatable bonds is 5. The first-order valence-corrected chi connectivity index (χ1v) is 13.3. The average Bonchev–Trinajstić information content (AvgIpc) is 2.97. The van der Waals surface area contributed by atoms with Crippen molar-refractivity contribution < 1.29 is 0 Å². The molecule has 2 aliphatic carbocycles. The van der Waals surface area contributed by atoms with E-state index in [1.54, 1.807) is 5.57 Å². The molecule has 0 radical (unpaired) electrons. The molecule has 0 nitrogen and oxygen atoms in total. The summed E-state index contributed by atoms with van der Waals surface area (Å²) in [4.78, 5) is 0. The fourth-order valence-corrected chi connectivity index (χ4v) is 5.63. The fraction of sp³-hybridized carbons (Fsp3) is 0.135. The maximum absolute atomic E-state index is 4.11. The third-order valence-corrected chi connectivity index (χ3v) is 7.61. The van der Waals surface area contributed by atoms with Crippen molar-refractivity contribution in [2.45, 2.75) is 32.6 Å². The van der Waals surface area contributed by atoms with Gasteiger partial charge in [-0.2, -0.15) is 0 Å². The number of benzene rings is 4. The summed E-state index contributed by atoms with van der Waals surface area (Å²) >= 11 is 0. The average molecular weight is 477 g/mol. The van der Waals surface area contributed by atoms with Crippen molar-refractivity contribution in [3.05, 3.63) is 144 Å². The molecular formula is C37H32. The Bertz CT molecular complexity index is 1590. The van der Waals surface area contributed by atoms with Crippen LogP contribution in [0.4, 0.5) is 0 Å². The standard InChI is InChI=1S/C37H32/c1-26(2)28-12-5-13-29(22-28)30-14-6-15-31(23-30)32-16-7-17-33(24-32)34-18-8-19-35(25-34)37-21-9-11-27-10-3-4-20-36(27)37/h3,5-8,10,12-19,21-25H,1,4,9,11,20H2,2H3. The Kier molecular flexibility index (Phi) is 6.33. The van der Waals surface area contributed by atoms with E-state index in [1.807, 2.05) is 0 Å². The number of allylic oxidation sites excluding steroid dienone is 7. The van der Waals surface area contributed by atoms with E-state index in [0.717, 1.165) is 24.8 Å². The Morgan fingerprint density at radius 1 is 0.595 bits per heavy atom. The highest BCUT2D eigenvalue weighted by molar-refractivity contribution is 5.85. The maximum atomic E-state index is 4.11. The SMILES string of the molecule is C=C(C)c1cccc(-c2cccc(-c3cccc(-c4cccc(C5=CCCC6=C5CCC=C6)c4)c3)c2)c1. The molecule has 0 bridgehead atoms. The second kappa shape index (κ2) is 10.1. The summed E-state index contributed by atoms with van der Waals surface area (Å²) in [6.07, 6.45) is 11.7. The predicted molar refractivity (Wildman–Crippen MR) is 160 cm³/mol. The van der Waals surface area contributed by atoms with Gasteiger partial charge in [-0.3, -0.25) is 0 Å². The van der Waals surface area contributed by atoms with Gasteiger partial charge in [0.2, 0.25) is 0 Å². The van der Waals surface area contributed by atoms with Gasteiger partial charge in [-0.1, -0.05) is 103 Å². The van der Waals surface area contributed by atoms with E-state index >= 15 is 0 Å². The van der Waals surface area contributed by atoms with Gasteiger partial charge in [0.15, 0.2) is 0 Å². The summed E-state index contributed by atoms with van der Waals surface area (Å²) in [6, 6.07) is 35.5. The monoisotopic (exact) mass is 476 g/mol. The fourth-order valence-electron chi connectivity index (χ4n) is 5.63. The summed E-state index contributed by atoms with van der Waals surface area (Å²) in [5.41, 5.74) is 15.6. The van der Waals surface area contributed by atoms with Crippen molar-refractivity contribution in [3.63, 3.8) is 0 Å². The first-order valence-electron chi connectivity index (χ1n) is 13.3. The Morgan fingerprint density at radius 2 is 1.11 bits per heavy atom. The van der Waals surface area contributed by atoms with Crippen LogP contribution in [-0.4, -0.2) is 0 Å². The Balaban J connectivity index is 1.33. The molecule has 180 valence electrons. The minimum absolute atomic E-state index is 1.09. The van der Waals surface area contributed by atoms with Gasteiger partial charge in [-0.05, 0) is 118 Å². The van der Waals surface area contributed by atoms with Gasteiger partial charge in [0.05, 0.1) is 0 Å². The summed E-state index contributed by atoms with van der Waals surface area (Å²) in [5.74, 6) is 0. The third kappa shape index (κ3) is 4.80. The molecule has 2 aliphatic rings. The molecule has 0 unspecified atom stereocenters. The molecule has 4 aromatic carbocycles. The minimum Gasteiger partial charge on any atom is -0.0955 e. The minimum atomic E-state index is 1.09. The second-order valence-corrected chi connectivity index (χ2v) is 10.2. The number of hydrogen-bond acceptors (Lipinski definition) is 0. The van der Waals surface area contributed by atoms with Gasteiger partial charge < -0.3 is 0 Å². The van der Waals surface area contributed by atoms with E-state index in [9.17, 15) is 0 Å². The van der Waals surface area contributed by atoms with E-state index < -0.39 is 0 Å². The van der Waals surface area contributed by atoms with Gasteiger partial charge in [-0.15, -0.1) is 0 Å². The smallest absolute Gasteiger partial charge is 0.0178 e. The molecule has 0 aromatic heterocycles. The zero-order chi connectivity index (χ0) is 25.2. The van der Waals surface area contributed by atoms with Crippen LogP contribution in [0.2, 0.25) is 0 Å². The molecule has 4 aromatic rings. The van der Waals surface area contributed by atoms with Crippen LogP contribution in [0.3, 0.4) is 0 Å². The Labute approximate surface area is 221 Å². The van der Waals surface area contributed by atoms with Crippen molar-refractivity contribution in [2.24, 2.45) is 0 Å². The maximum Gasteiger partial charge on any atom is -0.0178 e. The summed E-state index contributed by atoms with van der Waals surface area (Å²) in [7, 11) is 0. The van der Waals surface area contributed by atoms with Gasteiger partial charge in [0.1, 0.15) is 0 Å². The van der Waals surface area contributed by atoms with Gasteiger partial charge in [-0.25, -0.2) is 0 Å². The third-order valence-electron chi connectivity index (χ3n) is 7.61.